The third kappa shape index (κ3) is 2.32. The van der Waals surface area contributed by atoms with Gasteiger partial charge in [0.15, 0.2) is 10.8 Å². The monoisotopic (exact) mass is 320 g/mol. The SMILES string of the molecule is Cc1ncc(Cn2cnc3c(Cl)nc(N)nc32)c(CO)c1O. The van der Waals surface area contributed by atoms with Gasteiger partial charge >= 0.3 is 0 Å². The van der Waals surface area contributed by atoms with Gasteiger partial charge in [0, 0.05) is 11.8 Å². The van der Waals surface area contributed by atoms with Gasteiger partial charge in [0.25, 0.3) is 0 Å². The van der Waals surface area contributed by atoms with Crippen molar-refractivity contribution in [2.24, 2.45) is 0 Å². The van der Waals surface area contributed by atoms with Gasteiger partial charge in [-0.15, -0.1) is 0 Å². The first-order valence-corrected chi connectivity index (χ1v) is 6.80. The second-order valence-electron chi connectivity index (χ2n) is 4.77. The van der Waals surface area contributed by atoms with Crippen molar-refractivity contribution in [3.8, 4) is 5.75 Å². The molecule has 0 unspecified atom stereocenters. The fourth-order valence-electron chi connectivity index (χ4n) is 2.22. The summed E-state index contributed by atoms with van der Waals surface area (Å²) in [5, 5.41) is 19.6. The summed E-state index contributed by atoms with van der Waals surface area (Å²) in [6, 6.07) is 0. The Kier molecular flexibility index (Phi) is 3.55. The minimum atomic E-state index is -0.297. The first kappa shape index (κ1) is 14.5. The van der Waals surface area contributed by atoms with E-state index in [2.05, 4.69) is 19.9 Å². The fourth-order valence-corrected chi connectivity index (χ4v) is 2.44. The molecule has 9 heteroatoms. The maximum Gasteiger partial charge on any atom is 0.223 e. The number of halogens is 1. The molecule has 4 N–H and O–H groups in total. The number of nitrogen functional groups attached to an aromatic ring is 1. The van der Waals surface area contributed by atoms with Crippen LogP contribution >= 0.6 is 11.6 Å². The average molecular weight is 321 g/mol. The molecule has 3 heterocycles. The normalized spacial score (nSPS) is 11.2. The number of rotatable bonds is 3. The van der Waals surface area contributed by atoms with Gasteiger partial charge in [-0.2, -0.15) is 9.97 Å². The minimum absolute atomic E-state index is 0.0170. The molecule has 8 nitrogen and oxygen atoms in total. The van der Waals surface area contributed by atoms with Crippen molar-refractivity contribution in [3.05, 3.63) is 34.5 Å². The van der Waals surface area contributed by atoms with Gasteiger partial charge in [-0.3, -0.25) is 4.98 Å². The zero-order chi connectivity index (χ0) is 15.9. The maximum atomic E-state index is 9.99. The van der Waals surface area contributed by atoms with Crippen LogP contribution in [0.2, 0.25) is 5.15 Å². The molecule has 0 amide bonds. The smallest absolute Gasteiger partial charge is 0.223 e. The molecule has 0 aliphatic rings. The summed E-state index contributed by atoms with van der Waals surface area (Å²) in [5.41, 5.74) is 8.04. The van der Waals surface area contributed by atoms with Crippen LogP contribution in [0.3, 0.4) is 0 Å². The zero-order valence-corrected chi connectivity index (χ0v) is 12.4. The van der Waals surface area contributed by atoms with Crippen LogP contribution in [-0.4, -0.2) is 34.7 Å². The van der Waals surface area contributed by atoms with E-state index in [1.165, 1.54) is 0 Å². The summed E-state index contributed by atoms with van der Waals surface area (Å²) in [7, 11) is 0. The molecule has 0 spiro atoms. The lowest BCUT2D eigenvalue weighted by atomic mass is 10.1. The molecule has 3 aromatic rings. The summed E-state index contributed by atoms with van der Waals surface area (Å²) in [4.78, 5) is 16.2. The van der Waals surface area contributed by atoms with E-state index < -0.39 is 0 Å². The van der Waals surface area contributed by atoms with Gasteiger partial charge in [0.1, 0.15) is 11.3 Å². The summed E-state index contributed by atoms with van der Waals surface area (Å²) in [5.74, 6) is 0.0307. The molecule has 0 radical (unpaired) electrons. The topological polar surface area (TPSA) is 123 Å². The number of aryl methyl sites for hydroxylation is 1. The van der Waals surface area contributed by atoms with Gasteiger partial charge in [0.2, 0.25) is 5.95 Å². The molecule has 114 valence electrons. The summed E-state index contributed by atoms with van der Waals surface area (Å²) in [6.45, 7) is 1.67. The highest BCUT2D eigenvalue weighted by molar-refractivity contribution is 6.33. The Balaban J connectivity index is 2.10. The molecule has 0 aliphatic carbocycles. The van der Waals surface area contributed by atoms with E-state index in [9.17, 15) is 10.2 Å². The van der Waals surface area contributed by atoms with Crippen LogP contribution < -0.4 is 5.73 Å². The van der Waals surface area contributed by atoms with Crippen LogP contribution in [0.15, 0.2) is 12.5 Å². The molecule has 0 fully saturated rings. The van der Waals surface area contributed by atoms with Crippen molar-refractivity contribution in [3.63, 3.8) is 0 Å². The number of aliphatic hydroxyl groups excluding tert-OH is 1. The van der Waals surface area contributed by atoms with E-state index in [1.54, 1.807) is 24.0 Å². The Hall–Kier alpha value is -2.45. The van der Waals surface area contributed by atoms with Crippen LogP contribution in [0.4, 0.5) is 5.95 Å². The quantitative estimate of drug-likeness (QED) is 0.615. The molecular weight excluding hydrogens is 308 g/mol. The van der Waals surface area contributed by atoms with Crippen LogP contribution in [-0.2, 0) is 13.2 Å². The average Bonchev–Trinajstić information content (AvgIpc) is 2.87. The fraction of sp³-hybridized carbons (Fsp3) is 0.231. The zero-order valence-electron chi connectivity index (χ0n) is 11.7. The van der Waals surface area contributed by atoms with Gasteiger partial charge in [-0.05, 0) is 12.5 Å². The molecule has 3 aromatic heterocycles. The van der Waals surface area contributed by atoms with E-state index in [1.807, 2.05) is 0 Å². The lowest BCUT2D eigenvalue weighted by Crippen LogP contribution is -2.06. The number of aromatic nitrogens is 5. The van der Waals surface area contributed by atoms with Crippen LogP contribution in [0, 0.1) is 6.92 Å². The number of aromatic hydroxyl groups is 1. The van der Waals surface area contributed by atoms with Crippen molar-refractivity contribution in [2.75, 3.05) is 5.73 Å². The molecule has 22 heavy (non-hydrogen) atoms. The molecule has 0 aliphatic heterocycles. The molecule has 0 bridgehead atoms. The lowest BCUT2D eigenvalue weighted by Gasteiger charge is -2.11. The number of imidazole rings is 1. The van der Waals surface area contributed by atoms with E-state index >= 15 is 0 Å². The summed E-state index contributed by atoms with van der Waals surface area (Å²) in [6.07, 6.45) is 3.14. The maximum absolute atomic E-state index is 9.99. The van der Waals surface area contributed by atoms with Gasteiger partial charge < -0.3 is 20.5 Å². The summed E-state index contributed by atoms with van der Waals surface area (Å²) < 4.78 is 1.70. The Morgan fingerprint density at radius 3 is 2.82 bits per heavy atom. The minimum Gasteiger partial charge on any atom is -0.506 e. The van der Waals surface area contributed by atoms with Crippen molar-refractivity contribution < 1.29 is 10.2 Å². The third-order valence-corrected chi connectivity index (χ3v) is 3.63. The second kappa shape index (κ2) is 5.39. The highest BCUT2D eigenvalue weighted by atomic mass is 35.5. The Morgan fingerprint density at radius 2 is 2.09 bits per heavy atom. The first-order chi connectivity index (χ1) is 10.5. The third-order valence-electron chi connectivity index (χ3n) is 3.37. The van der Waals surface area contributed by atoms with Gasteiger partial charge in [-0.1, -0.05) is 11.6 Å². The molecule has 0 saturated heterocycles. The predicted octanol–water partition coefficient (Wildman–Crippen LogP) is 1.01. The number of fused-ring (bicyclic) bond motifs is 1. The Labute approximate surface area is 130 Å². The molecular formula is C13H13ClN6O2. The molecule has 3 rings (SSSR count). The Morgan fingerprint density at radius 1 is 1.32 bits per heavy atom. The van der Waals surface area contributed by atoms with E-state index in [4.69, 9.17) is 17.3 Å². The van der Waals surface area contributed by atoms with Crippen LogP contribution in [0.5, 0.6) is 5.75 Å². The summed E-state index contributed by atoms with van der Waals surface area (Å²) >= 11 is 5.98. The van der Waals surface area contributed by atoms with Crippen molar-refractivity contribution >= 4 is 28.7 Å². The first-order valence-electron chi connectivity index (χ1n) is 6.42. The van der Waals surface area contributed by atoms with E-state index in [0.29, 0.717) is 34.5 Å². The largest absolute Gasteiger partial charge is 0.506 e. The van der Waals surface area contributed by atoms with Crippen LogP contribution in [0.1, 0.15) is 16.8 Å². The second-order valence-corrected chi connectivity index (χ2v) is 5.13. The predicted molar refractivity (Wildman–Crippen MR) is 80.4 cm³/mol. The number of pyridine rings is 1. The number of anilines is 1. The molecule has 0 saturated carbocycles. The molecule has 0 atom stereocenters. The highest BCUT2D eigenvalue weighted by Crippen LogP contribution is 2.26. The highest BCUT2D eigenvalue weighted by Gasteiger charge is 2.15. The van der Waals surface area contributed by atoms with E-state index in [0.717, 1.165) is 0 Å². The van der Waals surface area contributed by atoms with Crippen LogP contribution in [0.25, 0.3) is 11.2 Å². The number of hydrogen-bond acceptors (Lipinski definition) is 7. The van der Waals surface area contributed by atoms with Gasteiger partial charge in [0.05, 0.1) is 25.2 Å². The van der Waals surface area contributed by atoms with Crippen molar-refractivity contribution in [1.29, 1.82) is 0 Å². The molecule has 0 aromatic carbocycles. The number of nitrogens with two attached hydrogens (primary N) is 1. The number of hydrogen-bond donors (Lipinski definition) is 3. The number of nitrogens with zero attached hydrogens (tertiary/aromatic N) is 5. The van der Waals surface area contributed by atoms with Crippen molar-refractivity contribution in [2.45, 2.75) is 20.1 Å². The standard InChI is InChI=1S/C13H13ClN6O2/c1-6-10(22)8(4-21)7(2-16-6)3-20-5-17-9-11(14)18-13(15)19-12(9)20/h2,5,21-22H,3-4H2,1H3,(H2,15,18,19). The van der Waals surface area contributed by atoms with E-state index in [-0.39, 0.29) is 23.5 Å². The Bertz CT molecular complexity index is 863. The van der Waals surface area contributed by atoms with Gasteiger partial charge in [-0.25, -0.2) is 4.98 Å². The van der Waals surface area contributed by atoms with Crippen molar-refractivity contribution in [1.82, 2.24) is 24.5 Å². The number of aliphatic hydroxyl groups is 1. The lowest BCUT2D eigenvalue weighted by molar-refractivity contribution is 0.273.